The van der Waals surface area contributed by atoms with Crippen molar-refractivity contribution < 1.29 is 14.7 Å². The molecular weight excluding hydrogens is 358 g/mol. The summed E-state index contributed by atoms with van der Waals surface area (Å²) >= 11 is 6.88. The minimum Gasteiger partial charge on any atom is -0.480 e. The lowest BCUT2D eigenvalue weighted by Crippen LogP contribution is -2.55. The Labute approximate surface area is 156 Å². The number of amides is 1. The molecule has 0 spiro atoms. The van der Waals surface area contributed by atoms with Gasteiger partial charge in [-0.2, -0.15) is 0 Å². The third-order valence-corrected chi connectivity index (χ3v) is 6.21. The van der Waals surface area contributed by atoms with Crippen molar-refractivity contribution in [1.29, 1.82) is 0 Å². The summed E-state index contributed by atoms with van der Waals surface area (Å²) in [5.41, 5.74) is 0.945. The lowest BCUT2D eigenvalue weighted by Gasteiger charge is -2.35. The van der Waals surface area contributed by atoms with E-state index in [0.717, 1.165) is 31.5 Å². The first-order valence-corrected chi connectivity index (χ1v) is 9.70. The Morgan fingerprint density at radius 3 is 2.76 bits per heavy atom. The molecule has 8 heteroatoms. The van der Waals surface area contributed by atoms with Crippen LogP contribution >= 0.6 is 24.0 Å². The van der Waals surface area contributed by atoms with E-state index in [1.807, 2.05) is 30.3 Å². The second-order valence-electron chi connectivity index (χ2n) is 6.16. The third kappa shape index (κ3) is 4.24. The maximum atomic E-state index is 11.6. The average Bonchev–Trinajstić information content (AvgIpc) is 2.88. The first kappa shape index (κ1) is 18.0. The normalized spacial score (nSPS) is 24.4. The Morgan fingerprint density at radius 2 is 2.08 bits per heavy atom. The maximum absolute atomic E-state index is 11.6. The van der Waals surface area contributed by atoms with Crippen molar-refractivity contribution in [2.45, 2.75) is 42.3 Å². The minimum atomic E-state index is -0.889. The van der Waals surface area contributed by atoms with Crippen LogP contribution in [0.4, 0.5) is 5.69 Å². The van der Waals surface area contributed by atoms with Gasteiger partial charge >= 0.3 is 5.97 Å². The molecule has 0 aromatic heterocycles. The predicted molar refractivity (Wildman–Crippen MR) is 103 cm³/mol. The highest BCUT2D eigenvalue weighted by atomic mass is 32.2. The first-order valence-electron chi connectivity index (χ1n) is 8.35. The summed E-state index contributed by atoms with van der Waals surface area (Å²) in [6.07, 6.45) is 3.07. The van der Waals surface area contributed by atoms with E-state index in [1.54, 1.807) is 11.8 Å². The van der Waals surface area contributed by atoms with Crippen LogP contribution in [0, 0.1) is 0 Å². The molecule has 1 aromatic carbocycles. The highest BCUT2D eigenvalue weighted by molar-refractivity contribution is 8.01. The van der Waals surface area contributed by atoms with E-state index in [4.69, 9.17) is 12.2 Å². The van der Waals surface area contributed by atoms with Gasteiger partial charge in [-0.3, -0.25) is 4.79 Å². The van der Waals surface area contributed by atoms with Gasteiger partial charge in [0.05, 0.1) is 11.8 Å². The van der Waals surface area contributed by atoms with Crippen molar-refractivity contribution in [2.24, 2.45) is 0 Å². The number of nitrogens with one attached hydrogen (secondary N) is 2. The second-order valence-corrected chi connectivity index (χ2v) is 7.99. The van der Waals surface area contributed by atoms with E-state index >= 15 is 0 Å². The number of hydrogen-bond acceptors (Lipinski definition) is 4. The Morgan fingerprint density at radius 1 is 1.32 bits per heavy atom. The van der Waals surface area contributed by atoms with Crippen molar-refractivity contribution in [2.75, 3.05) is 11.9 Å². The molecule has 3 rings (SSSR count). The van der Waals surface area contributed by atoms with Crippen LogP contribution in [0.5, 0.6) is 0 Å². The lowest BCUT2D eigenvalue weighted by atomic mass is 10.0. The Balaban J connectivity index is 1.35. The summed E-state index contributed by atoms with van der Waals surface area (Å²) < 4.78 is 0. The summed E-state index contributed by atoms with van der Waals surface area (Å²) in [6, 6.07) is 9.06. The standard InChI is InChI=1S/C17H21N3O3S2/c21-13-10-14-20(13)15(16(22)23)12(25-14)8-4-5-9-18-17(24)19-11-6-2-1-3-7-11/h1-3,6-7,12,14-15H,4-5,8-10H2,(H,22,23)(H2,18,19,24)/t12?,14-,15?/m1/s1. The fraction of sp³-hybridized carbons (Fsp3) is 0.471. The molecule has 2 saturated heterocycles. The number of rotatable bonds is 7. The van der Waals surface area contributed by atoms with Gasteiger partial charge in [-0.05, 0) is 37.2 Å². The zero-order chi connectivity index (χ0) is 17.8. The first-order chi connectivity index (χ1) is 12.1. The summed E-state index contributed by atoms with van der Waals surface area (Å²) in [6.45, 7) is 0.736. The average molecular weight is 380 g/mol. The van der Waals surface area contributed by atoms with E-state index in [0.29, 0.717) is 11.5 Å². The number of hydrogen-bond donors (Lipinski definition) is 3. The van der Waals surface area contributed by atoms with Crippen molar-refractivity contribution in [3.8, 4) is 0 Å². The van der Waals surface area contributed by atoms with Crippen LogP contribution in [-0.2, 0) is 9.59 Å². The highest BCUT2D eigenvalue weighted by Crippen LogP contribution is 2.45. The van der Waals surface area contributed by atoms with Crippen molar-refractivity contribution in [1.82, 2.24) is 10.2 Å². The Kier molecular flexibility index (Phi) is 5.80. The summed E-state index contributed by atoms with van der Waals surface area (Å²) in [7, 11) is 0. The number of aliphatic carboxylic acids is 1. The number of carbonyl (C=O) groups excluding carboxylic acids is 1. The Hall–Kier alpha value is -1.80. The van der Waals surface area contributed by atoms with Gasteiger partial charge in [0.2, 0.25) is 5.91 Å². The van der Waals surface area contributed by atoms with Gasteiger partial charge in [0.25, 0.3) is 0 Å². The third-order valence-electron chi connectivity index (χ3n) is 4.42. The minimum absolute atomic E-state index is 0.0108. The van der Waals surface area contributed by atoms with Crippen molar-refractivity contribution >= 4 is 46.7 Å². The van der Waals surface area contributed by atoms with Gasteiger partial charge < -0.3 is 20.6 Å². The largest absolute Gasteiger partial charge is 0.480 e. The van der Waals surface area contributed by atoms with Crippen LogP contribution < -0.4 is 10.6 Å². The van der Waals surface area contributed by atoms with Gasteiger partial charge in [-0.25, -0.2) is 4.79 Å². The molecule has 0 bridgehead atoms. The molecular formula is C17H21N3O3S2. The number of thioether (sulfide) groups is 1. The molecule has 2 fully saturated rings. The molecule has 3 atom stereocenters. The molecule has 0 aliphatic carbocycles. The topological polar surface area (TPSA) is 81.7 Å². The molecule has 0 radical (unpaired) electrons. The molecule has 1 amide bonds. The van der Waals surface area contributed by atoms with Gasteiger partial charge in [-0.1, -0.05) is 24.6 Å². The summed E-state index contributed by atoms with van der Waals surface area (Å²) in [5, 5.41) is 16.3. The van der Waals surface area contributed by atoms with Crippen LogP contribution in [0.1, 0.15) is 25.7 Å². The van der Waals surface area contributed by atoms with E-state index in [1.165, 1.54) is 4.90 Å². The van der Waals surface area contributed by atoms with E-state index in [9.17, 15) is 14.7 Å². The number of carbonyl (C=O) groups is 2. The number of carboxylic acids is 1. The maximum Gasteiger partial charge on any atom is 0.327 e. The van der Waals surface area contributed by atoms with Crippen LogP contribution in [0.2, 0.25) is 0 Å². The highest BCUT2D eigenvalue weighted by Gasteiger charge is 2.54. The van der Waals surface area contributed by atoms with Crippen LogP contribution in [0.15, 0.2) is 30.3 Å². The van der Waals surface area contributed by atoms with Crippen molar-refractivity contribution in [3.05, 3.63) is 30.3 Å². The molecule has 2 aliphatic heterocycles. The number of para-hydroxylation sites is 1. The predicted octanol–water partition coefficient (Wildman–Crippen LogP) is 2.27. The molecule has 0 saturated carbocycles. The molecule has 1 aromatic rings. The molecule has 2 heterocycles. The van der Waals surface area contributed by atoms with Gasteiger partial charge in [-0.15, -0.1) is 11.8 Å². The SMILES string of the molecule is O=C(O)C1C(CCCCNC(=S)Nc2ccccc2)S[C@@H]2CC(=O)N12. The fourth-order valence-corrected chi connectivity index (χ4v) is 5.12. The van der Waals surface area contributed by atoms with Crippen LogP contribution in [0.25, 0.3) is 0 Å². The number of unbranched alkanes of at least 4 members (excludes halogenated alkanes) is 1. The molecule has 25 heavy (non-hydrogen) atoms. The van der Waals surface area contributed by atoms with Crippen LogP contribution in [0.3, 0.4) is 0 Å². The van der Waals surface area contributed by atoms with Crippen molar-refractivity contribution in [3.63, 3.8) is 0 Å². The number of thiocarbonyl (C=S) groups is 1. The number of anilines is 1. The smallest absolute Gasteiger partial charge is 0.327 e. The second kappa shape index (κ2) is 8.05. The molecule has 134 valence electrons. The monoisotopic (exact) mass is 379 g/mol. The zero-order valence-electron chi connectivity index (χ0n) is 13.7. The number of nitrogens with zero attached hydrogens (tertiary/aromatic N) is 1. The van der Waals surface area contributed by atoms with E-state index in [2.05, 4.69) is 10.6 Å². The number of benzene rings is 1. The van der Waals surface area contributed by atoms with Gasteiger partial charge in [0.15, 0.2) is 5.11 Å². The number of fused-ring (bicyclic) bond motifs is 1. The molecule has 2 unspecified atom stereocenters. The molecule has 2 aliphatic rings. The van der Waals surface area contributed by atoms with Gasteiger partial charge in [0.1, 0.15) is 6.04 Å². The quantitative estimate of drug-likeness (QED) is 0.381. The zero-order valence-corrected chi connectivity index (χ0v) is 15.3. The van der Waals surface area contributed by atoms with E-state index in [-0.39, 0.29) is 16.5 Å². The van der Waals surface area contributed by atoms with Gasteiger partial charge in [0, 0.05) is 17.5 Å². The summed E-state index contributed by atoms with van der Waals surface area (Å²) in [5.74, 6) is -0.925. The lowest BCUT2D eigenvalue weighted by molar-refractivity contribution is -0.156. The van der Waals surface area contributed by atoms with Crippen LogP contribution in [-0.4, -0.2) is 50.2 Å². The summed E-state index contributed by atoms with van der Waals surface area (Å²) in [4.78, 5) is 24.6. The fourth-order valence-electron chi connectivity index (χ4n) is 3.18. The molecule has 3 N–H and O–H groups in total. The molecule has 6 nitrogen and oxygen atoms in total. The Bertz CT molecular complexity index is 656. The number of carboxylic acid groups (broad SMARTS) is 1. The van der Waals surface area contributed by atoms with E-state index < -0.39 is 12.0 Å². The number of β-lactam (4-membered cyclic amide) rings is 1.